The van der Waals surface area contributed by atoms with Gasteiger partial charge in [-0.05, 0) is 36.4 Å². The van der Waals surface area contributed by atoms with Crippen LogP contribution in [0.2, 0.25) is 0 Å². The van der Waals surface area contributed by atoms with Crippen LogP contribution in [0.5, 0.6) is 5.75 Å². The Hall–Kier alpha value is -3.93. The molecular formula is C21H22N6O5S. The Morgan fingerprint density at radius 1 is 1.12 bits per heavy atom. The first kappa shape index (κ1) is 23.7. The molecule has 0 atom stereocenters. The van der Waals surface area contributed by atoms with Crippen LogP contribution in [0.4, 0.5) is 11.4 Å². The van der Waals surface area contributed by atoms with Crippen molar-refractivity contribution in [1.29, 1.82) is 0 Å². The summed E-state index contributed by atoms with van der Waals surface area (Å²) in [6.45, 7) is 0.377. The molecule has 0 radical (unpaired) electrons. The number of carbonyl (C=O) groups excluding carboxylic acids is 2. The third-order valence-electron chi connectivity index (χ3n) is 4.61. The Morgan fingerprint density at radius 2 is 1.82 bits per heavy atom. The van der Waals surface area contributed by atoms with Gasteiger partial charge in [0, 0.05) is 43.4 Å². The topological polar surface area (TPSA) is 141 Å². The molecule has 0 fully saturated rings. The fourth-order valence-electron chi connectivity index (χ4n) is 2.81. The van der Waals surface area contributed by atoms with Crippen LogP contribution < -0.4 is 15.4 Å². The smallest absolute Gasteiger partial charge is 0.269 e. The molecule has 12 heteroatoms. The van der Waals surface area contributed by atoms with Crippen molar-refractivity contribution in [3.63, 3.8) is 0 Å². The highest BCUT2D eigenvalue weighted by Gasteiger charge is 2.13. The second-order valence-corrected chi connectivity index (χ2v) is 7.78. The molecule has 33 heavy (non-hydrogen) atoms. The number of amides is 2. The summed E-state index contributed by atoms with van der Waals surface area (Å²) in [4.78, 5) is 34.6. The summed E-state index contributed by atoms with van der Waals surface area (Å²) in [5, 5.41) is 25.0. The number of benzene rings is 2. The van der Waals surface area contributed by atoms with Gasteiger partial charge in [0.25, 0.3) is 11.6 Å². The average Bonchev–Trinajstić information content (AvgIpc) is 3.17. The number of nitro groups is 1. The van der Waals surface area contributed by atoms with Crippen molar-refractivity contribution in [2.24, 2.45) is 7.05 Å². The van der Waals surface area contributed by atoms with E-state index in [1.807, 2.05) is 0 Å². The minimum atomic E-state index is -0.502. The number of carbonyl (C=O) groups is 2. The van der Waals surface area contributed by atoms with E-state index in [1.54, 1.807) is 43.0 Å². The number of nitrogens with one attached hydrogen (secondary N) is 2. The lowest BCUT2D eigenvalue weighted by Gasteiger charge is -2.07. The lowest BCUT2D eigenvalue weighted by molar-refractivity contribution is -0.384. The van der Waals surface area contributed by atoms with Crippen molar-refractivity contribution in [3.05, 3.63) is 70.0 Å². The minimum absolute atomic E-state index is 0.0471. The van der Waals surface area contributed by atoms with Gasteiger partial charge in [-0.25, -0.2) is 0 Å². The van der Waals surface area contributed by atoms with Crippen LogP contribution in [0.15, 0.2) is 53.7 Å². The number of hydrogen-bond donors (Lipinski definition) is 2. The third-order valence-corrected chi connectivity index (χ3v) is 5.63. The monoisotopic (exact) mass is 470 g/mol. The van der Waals surface area contributed by atoms with Crippen molar-refractivity contribution in [1.82, 2.24) is 20.1 Å². The van der Waals surface area contributed by atoms with Crippen molar-refractivity contribution >= 4 is 35.0 Å². The summed E-state index contributed by atoms with van der Waals surface area (Å²) in [6, 6.07) is 12.4. The molecule has 2 amide bonds. The Bertz CT molecular complexity index is 1130. The lowest BCUT2D eigenvalue weighted by atomic mass is 10.2. The van der Waals surface area contributed by atoms with Crippen LogP contribution in [0, 0.1) is 10.1 Å². The molecule has 3 aromatic rings. The van der Waals surface area contributed by atoms with Gasteiger partial charge in [-0.15, -0.1) is 10.2 Å². The van der Waals surface area contributed by atoms with Gasteiger partial charge in [0.1, 0.15) is 11.6 Å². The summed E-state index contributed by atoms with van der Waals surface area (Å²) < 4.78 is 6.85. The summed E-state index contributed by atoms with van der Waals surface area (Å²) >= 11 is 1.21. The molecule has 0 aliphatic rings. The number of anilines is 1. The van der Waals surface area contributed by atoms with Crippen molar-refractivity contribution in [3.8, 4) is 5.75 Å². The van der Waals surface area contributed by atoms with Gasteiger partial charge in [0.2, 0.25) is 5.91 Å². The van der Waals surface area contributed by atoms with Crippen LogP contribution in [0.1, 0.15) is 16.2 Å². The molecule has 0 bridgehead atoms. The molecule has 0 saturated heterocycles. The molecule has 2 N–H and O–H groups in total. The van der Waals surface area contributed by atoms with E-state index in [0.717, 1.165) is 0 Å². The molecule has 0 saturated carbocycles. The van der Waals surface area contributed by atoms with E-state index in [0.29, 0.717) is 40.9 Å². The molecule has 11 nitrogen and oxygen atoms in total. The largest absolute Gasteiger partial charge is 0.497 e. The van der Waals surface area contributed by atoms with Gasteiger partial charge < -0.3 is 19.9 Å². The maximum Gasteiger partial charge on any atom is 0.269 e. The van der Waals surface area contributed by atoms with E-state index in [-0.39, 0.29) is 23.3 Å². The molecule has 1 heterocycles. The summed E-state index contributed by atoms with van der Waals surface area (Å²) in [5.74, 6) is 0.972. The summed E-state index contributed by atoms with van der Waals surface area (Å²) in [6.07, 6.45) is 0.473. The number of methoxy groups -OCH3 is 1. The van der Waals surface area contributed by atoms with Gasteiger partial charge in [0.15, 0.2) is 5.16 Å². The number of nitro benzene ring substituents is 1. The fourth-order valence-corrected chi connectivity index (χ4v) is 3.54. The van der Waals surface area contributed by atoms with Gasteiger partial charge in [-0.1, -0.05) is 11.8 Å². The predicted molar refractivity (Wildman–Crippen MR) is 122 cm³/mol. The molecule has 0 aliphatic carbocycles. The SMILES string of the molecule is COc1ccc(C(=O)NCCc2nnc(SCC(=O)Nc3ccc([N+](=O)[O-])cc3)n2C)cc1. The minimum Gasteiger partial charge on any atom is -0.497 e. The van der Waals surface area contributed by atoms with E-state index >= 15 is 0 Å². The van der Waals surface area contributed by atoms with Crippen LogP contribution in [-0.4, -0.2) is 50.9 Å². The second-order valence-electron chi connectivity index (χ2n) is 6.83. The van der Waals surface area contributed by atoms with Crippen molar-refractivity contribution < 1.29 is 19.2 Å². The zero-order valence-corrected chi connectivity index (χ0v) is 18.8. The van der Waals surface area contributed by atoms with E-state index in [1.165, 1.54) is 36.0 Å². The zero-order valence-electron chi connectivity index (χ0n) is 18.0. The highest BCUT2D eigenvalue weighted by molar-refractivity contribution is 7.99. The average molecular weight is 471 g/mol. The van der Waals surface area contributed by atoms with Crippen LogP contribution in [0.3, 0.4) is 0 Å². The first-order chi connectivity index (χ1) is 15.9. The fraction of sp³-hybridized carbons (Fsp3) is 0.238. The summed E-state index contributed by atoms with van der Waals surface area (Å²) in [5.41, 5.74) is 0.954. The molecule has 3 rings (SSSR count). The number of aromatic nitrogens is 3. The lowest BCUT2D eigenvalue weighted by Crippen LogP contribution is -2.26. The van der Waals surface area contributed by atoms with Crippen molar-refractivity contribution in [2.45, 2.75) is 11.6 Å². The normalized spacial score (nSPS) is 10.5. The van der Waals surface area contributed by atoms with E-state index in [9.17, 15) is 19.7 Å². The highest BCUT2D eigenvalue weighted by Crippen LogP contribution is 2.18. The number of non-ortho nitro benzene ring substituents is 1. The molecular weight excluding hydrogens is 448 g/mol. The molecule has 0 aliphatic heterocycles. The molecule has 172 valence electrons. The first-order valence-corrected chi connectivity index (χ1v) is 10.8. The Kier molecular flexibility index (Phi) is 7.97. The number of hydrogen-bond acceptors (Lipinski definition) is 8. The van der Waals surface area contributed by atoms with Crippen LogP contribution >= 0.6 is 11.8 Å². The predicted octanol–water partition coefficient (Wildman–Crippen LogP) is 2.44. The quantitative estimate of drug-likeness (QED) is 0.261. The highest BCUT2D eigenvalue weighted by atomic mass is 32.2. The molecule has 2 aromatic carbocycles. The third kappa shape index (κ3) is 6.53. The summed E-state index contributed by atoms with van der Waals surface area (Å²) in [7, 11) is 3.35. The molecule has 1 aromatic heterocycles. The Morgan fingerprint density at radius 3 is 2.45 bits per heavy atom. The Balaban J connectivity index is 1.45. The second kappa shape index (κ2) is 11.1. The maximum absolute atomic E-state index is 12.2. The van der Waals surface area contributed by atoms with Gasteiger partial charge in [-0.3, -0.25) is 19.7 Å². The zero-order chi connectivity index (χ0) is 23.8. The van der Waals surface area contributed by atoms with Gasteiger partial charge >= 0.3 is 0 Å². The molecule has 0 unspecified atom stereocenters. The maximum atomic E-state index is 12.2. The number of ether oxygens (including phenoxy) is 1. The van der Waals surface area contributed by atoms with Gasteiger partial charge in [-0.2, -0.15) is 0 Å². The molecule has 0 spiro atoms. The number of rotatable bonds is 10. The number of thioether (sulfide) groups is 1. The van der Waals surface area contributed by atoms with E-state index in [4.69, 9.17) is 4.74 Å². The van der Waals surface area contributed by atoms with Crippen LogP contribution in [0.25, 0.3) is 0 Å². The number of nitrogens with zero attached hydrogens (tertiary/aromatic N) is 4. The van der Waals surface area contributed by atoms with E-state index < -0.39 is 4.92 Å². The standard InChI is InChI=1S/C21H22N6O5S/c1-26-18(11-12-22-20(29)14-3-9-17(32-2)10-4-14)24-25-21(26)33-13-19(28)23-15-5-7-16(8-6-15)27(30)31/h3-10H,11-13H2,1-2H3,(H,22,29)(H,23,28). The first-order valence-electron chi connectivity index (χ1n) is 9.85. The van der Waals surface area contributed by atoms with Gasteiger partial charge in [0.05, 0.1) is 17.8 Å². The van der Waals surface area contributed by atoms with E-state index in [2.05, 4.69) is 20.8 Å². The van der Waals surface area contributed by atoms with Crippen LogP contribution in [-0.2, 0) is 18.3 Å². The Labute approximate surface area is 193 Å². The van der Waals surface area contributed by atoms with Crippen molar-refractivity contribution in [2.75, 3.05) is 24.7 Å².